The molecule has 0 saturated carbocycles. The largest absolute Gasteiger partial charge is 0.303 e. The molecule has 0 saturated heterocycles. The first-order valence-corrected chi connectivity index (χ1v) is 7.47. The second-order valence-electron chi connectivity index (χ2n) is 4.86. The van der Waals surface area contributed by atoms with Crippen LogP contribution in [-0.2, 0) is 4.79 Å². The molecule has 3 rings (SSSR count). The number of hydrogen-bond donors (Lipinski definition) is 0. The second kappa shape index (κ2) is 5.22. The molecular weight excluding hydrogens is 252 g/mol. The number of carbonyl (C=O) groups excluding carboxylic acids is 1. The lowest BCUT2D eigenvalue weighted by atomic mass is 9.80. The fraction of sp³-hybridized carbons (Fsp3) is 0.235. The van der Waals surface area contributed by atoms with Crippen molar-refractivity contribution in [1.82, 2.24) is 0 Å². The summed E-state index contributed by atoms with van der Waals surface area (Å²) in [4.78, 5) is 14.0. The molecule has 0 fully saturated rings. The third kappa shape index (κ3) is 2.10. The Labute approximate surface area is 118 Å². The standard InChI is InChI=1S/C17H16OS/c1-2-12(11-18)17-13-7-3-5-9-15(13)19-16-10-6-4-8-14(16)17/h3-12,17H,2H2,1H3. The number of aldehydes is 1. The summed E-state index contributed by atoms with van der Waals surface area (Å²) in [5, 5.41) is 0. The smallest absolute Gasteiger partial charge is 0.124 e. The molecule has 1 aliphatic heterocycles. The van der Waals surface area contributed by atoms with Crippen LogP contribution < -0.4 is 0 Å². The third-order valence-electron chi connectivity index (χ3n) is 3.80. The highest BCUT2D eigenvalue weighted by Crippen LogP contribution is 2.48. The van der Waals surface area contributed by atoms with Crippen molar-refractivity contribution in [2.45, 2.75) is 29.1 Å². The van der Waals surface area contributed by atoms with Crippen LogP contribution >= 0.6 is 11.8 Å². The van der Waals surface area contributed by atoms with Gasteiger partial charge in [0, 0.05) is 21.6 Å². The van der Waals surface area contributed by atoms with Crippen molar-refractivity contribution in [3.8, 4) is 0 Å². The van der Waals surface area contributed by atoms with E-state index in [1.54, 1.807) is 0 Å². The molecule has 0 N–H and O–H groups in total. The Bertz CT molecular complexity index is 560. The van der Waals surface area contributed by atoms with Crippen molar-refractivity contribution in [3.05, 3.63) is 59.7 Å². The minimum Gasteiger partial charge on any atom is -0.303 e. The Morgan fingerprint density at radius 2 is 1.58 bits per heavy atom. The molecule has 1 atom stereocenters. The number of benzene rings is 2. The molecule has 1 nitrogen and oxygen atoms in total. The van der Waals surface area contributed by atoms with E-state index in [1.807, 2.05) is 11.8 Å². The SMILES string of the molecule is CCC(C=O)C1c2ccccc2Sc2ccccc21. The molecule has 1 heterocycles. The van der Waals surface area contributed by atoms with Gasteiger partial charge in [-0.3, -0.25) is 0 Å². The van der Waals surface area contributed by atoms with Crippen molar-refractivity contribution in [2.24, 2.45) is 5.92 Å². The van der Waals surface area contributed by atoms with Gasteiger partial charge >= 0.3 is 0 Å². The summed E-state index contributed by atoms with van der Waals surface area (Å²) >= 11 is 1.81. The van der Waals surface area contributed by atoms with Gasteiger partial charge < -0.3 is 4.79 Å². The van der Waals surface area contributed by atoms with Crippen LogP contribution in [0.3, 0.4) is 0 Å². The summed E-state index contributed by atoms with van der Waals surface area (Å²) in [7, 11) is 0. The van der Waals surface area contributed by atoms with Gasteiger partial charge in [0.1, 0.15) is 6.29 Å². The van der Waals surface area contributed by atoms with Crippen molar-refractivity contribution in [2.75, 3.05) is 0 Å². The Kier molecular flexibility index (Phi) is 3.43. The first-order chi connectivity index (χ1) is 9.35. The van der Waals surface area contributed by atoms with E-state index >= 15 is 0 Å². The van der Waals surface area contributed by atoms with Gasteiger partial charge in [-0.15, -0.1) is 0 Å². The number of rotatable bonds is 3. The van der Waals surface area contributed by atoms with Crippen LogP contribution in [0.2, 0.25) is 0 Å². The minimum atomic E-state index is 0.0585. The lowest BCUT2D eigenvalue weighted by Gasteiger charge is -2.31. The zero-order valence-corrected chi connectivity index (χ0v) is 11.7. The van der Waals surface area contributed by atoms with Gasteiger partial charge in [-0.25, -0.2) is 0 Å². The van der Waals surface area contributed by atoms with Crippen molar-refractivity contribution >= 4 is 18.0 Å². The lowest BCUT2D eigenvalue weighted by Crippen LogP contribution is -2.18. The monoisotopic (exact) mass is 268 g/mol. The molecule has 19 heavy (non-hydrogen) atoms. The van der Waals surface area contributed by atoms with Gasteiger partial charge in [0.25, 0.3) is 0 Å². The summed E-state index contributed by atoms with van der Waals surface area (Å²) in [5.74, 6) is 0.263. The molecule has 0 amide bonds. The van der Waals surface area contributed by atoms with Crippen LogP contribution in [0.15, 0.2) is 58.3 Å². The van der Waals surface area contributed by atoms with Crippen molar-refractivity contribution in [3.63, 3.8) is 0 Å². The second-order valence-corrected chi connectivity index (χ2v) is 5.95. The van der Waals surface area contributed by atoms with E-state index in [2.05, 4.69) is 55.5 Å². The average Bonchev–Trinajstić information content (AvgIpc) is 2.47. The quantitative estimate of drug-likeness (QED) is 0.762. The normalized spacial score (nSPS) is 15.4. The number of carbonyl (C=O) groups is 1. The predicted molar refractivity (Wildman–Crippen MR) is 78.7 cm³/mol. The Morgan fingerprint density at radius 1 is 1.05 bits per heavy atom. The summed E-state index contributed by atoms with van der Waals surface area (Å²) in [6.45, 7) is 2.09. The van der Waals surface area contributed by atoms with Crippen LogP contribution in [0.5, 0.6) is 0 Å². The van der Waals surface area contributed by atoms with E-state index in [-0.39, 0.29) is 11.8 Å². The molecule has 0 aliphatic carbocycles. The zero-order chi connectivity index (χ0) is 13.2. The molecule has 2 aromatic rings. The zero-order valence-electron chi connectivity index (χ0n) is 10.9. The van der Waals surface area contributed by atoms with Crippen LogP contribution in [-0.4, -0.2) is 6.29 Å². The first kappa shape index (κ1) is 12.5. The molecule has 0 spiro atoms. The van der Waals surface area contributed by atoms with Crippen LogP contribution in [0, 0.1) is 5.92 Å². The molecule has 0 radical (unpaired) electrons. The van der Waals surface area contributed by atoms with Gasteiger partial charge in [0.05, 0.1) is 0 Å². The highest BCUT2D eigenvalue weighted by molar-refractivity contribution is 7.99. The highest BCUT2D eigenvalue weighted by Gasteiger charge is 2.30. The average molecular weight is 268 g/mol. The Hall–Kier alpha value is -1.54. The van der Waals surface area contributed by atoms with Gasteiger partial charge in [-0.1, -0.05) is 55.1 Å². The fourth-order valence-corrected chi connectivity index (χ4v) is 3.97. The maximum Gasteiger partial charge on any atom is 0.124 e. The molecule has 0 aromatic heterocycles. The van der Waals surface area contributed by atoms with E-state index in [0.717, 1.165) is 12.7 Å². The molecular formula is C17H16OS. The molecule has 1 unspecified atom stereocenters. The summed E-state index contributed by atoms with van der Waals surface area (Å²) < 4.78 is 0. The number of hydrogen-bond acceptors (Lipinski definition) is 2. The van der Waals surface area contributed by atoms with Crippen LogP contribution in [0.25, 0.3) is 0 Å². The van der Waals surface area contributed by atoms with Gasteiger partial charge in [0.15, 0.2) is 0 Å². The fourth-order valence-electron chi connectivity index (χ4n) is 2.82. The predicted octanol–water partition coefficient (Wildman–Crippen LogP) is 4.51. The Morgan fingerprint density at radius 3 is 2.05 bits per heavy atom. The topological polar surface area (TPSA) is 17.1 Å². The summed E-state index contributed by atoms with van der Waals surface area (Å²) in [6.07, 6.45) is 2.00. The van der Waals surface area contributed by atoms with E-state index in [0.29, 0.717) is 0 Å². The molecule has 96 valence electrons. The van der Waals surface area contributed by atoms with Crippen LogP contribution in [0.4, 0.5) is 0 Å². The third-order valence-corrected chi connectivity index (χ3v) is 4.99. The minimum absolute atomic E-state index is 0.0585. The molecule has 0 bridgehead atoms. The van der Waals surface area contributed by atoms with Crippen molar-refractivity contribution < 1.29 is 4.79 Å². The highest BCUT2D eigenvalue weighted by atomic mass is 32.2. The van der Waals surface area contributed by atoms with E-state index < -0.39 is 0 Å². The van der Waals surface area contributed by atoms with Gasteiger partial charge in [-0.05, 0) is 29.7 Å². The van der Waals surface area contributed by atoms with E-state index in [9.17, 15) is 4.79 Å². The molecule has 2 aromatic carbocycles. The molecule has 1 aliphatic rings. The van der Waals surface area contributed by atoms with E-state index in [1.165, 1.54) is 20.9 Å². The van der Waals surface area contributed by atoms with Crippen molar-refractivity contribution in [1.29, 1.82) is 0 Å². The maximum absolute atomic E-state index is 11.4. The van der Waals surface area contributed by atoms with Crippen LogP contribution in [0.1, 0.15) is 30.4 Å². The lowest BCUT2D eigenvalue weighted by molar-refractivity contribution is -0.111. The number of fused-ring (bicyclic) bond motifs is 2. The summed E-state index contributed by atoms with van der Waals surface area (Å²) in [5.41, 5.74) is 2.59. The maximum atomic E-state index is 11.4. The Balaban J connectivity index is 2.19. The van der Waals surface area contributed by atoms with E-state index in [4.69, 9.17) is 0 Å². The summed E-state index contributed by atoms with van der Waals surface area (Å²) in [6, 6.07) is 16.9. The van der Waals surface area contributed by atoms with Gasteiger partial charge in [0.2, 0.25) is 0 Å². The molecule has 2 heteroatoms. The van der Waals surface area contributed by atoms with Gasteiger partial charge in [-0.2, -0.15) is 0 Å². The first-order valence-electron chi connectivity index (χ1n) is 6.66.